The zero-order valence-electron chi connectivity index (χ0n) is 18.1. The van der Waals surface area contributed by atoms with Gasteiger partial charge >= 0.3 is 6.03 Å². The van der Waals surface area contributed by atoms with E-state index in [9.17, 15) is 14.7 Å². The maximum absolute atomic E-state index is 13.0. The molecular formula is C23H30N4O4. The van der Waals surface area contributed by atoms with Gasteiger partial charge in [-0.25, -0.2) is 4.79 Å². The highest BCUT2D eigenvalue weighted by atomic mass is 16.5. The highest BCUT2D eigenvalue weighted by molar-refractivity contribution is 5.90. The van der Waals surface area contributed by atoms with Crippen molar-refractivity contribution < 1.29 is 19.4 Å². The second kappa shape index (κ2) is 7.44. The number of fused-ring (bicyclic) bond motifs is 4. The summed E-state index contributed by atoms with van der Waals surface area (Å²) in [5.41, 5.74) is 2.58. The zero-order valence-corrected chi connectivity index (χ0v) is 18.1. The number of rotatable bonds is 5. The van der Waals surface area contributed by atoms with Crippen molar-refractivity contribution >= 4 is 22.8 Å². The molecule has 3 amide bonds. The molecule has 8 heteroatoms. The number of H-pyrrole nitrogens is 1. The molecule has 5 rings (SSSR count). The second-order valence-corrected chi connectivity index (χ2v) is 9.13. The van der Waals surface area contributed by atoms with E-state index >= 15 is 0 Å². The molecule has 31 heavy (non-hydrogen) atoms. The Morgan fingerprint density at radius 3 is 2.71 bits per heavy atom. The number of nitrogens with one attached hydrogen (secondary N) is 2. The van der Waals surface area contributed by atoms with Gasteiger partial charge < -0.3 is 29.9 Å². The molecule has 2 aromatic rings. The van der Waals surface area contributed by atoms with Gasteiger partial charge in [0, 0.05) is 54.8 Å². The minimum absolute atomic E-state index is 0.169. The molecular weight excluding hydrogens is 396 g/mol. The summed E-state index contributed by atoms with van der Waals surface area (Å²) in [6, 6.07) is 5.30. The molecule has 166 valence electrons. The van der Waals surface area contributed by atoms with Crippen LogP contribution in [0.25, 0.3) is 10.9 Å². The molecule has 3 aliphatic rings. The third-order valence-corrected chi connectivity index (χ3v) is 6.93. The van der Waals surface area contributed by atoms with Crippen molar-refractivity contribution in [3.8, 4) is 5.75 Å². The van der Waals surface area contributed by atoms with E-state index in [2.05, 4.69) is 10.3 Å². The first kappa shape index (κ1) is 20.2. The summed E-state index contributed by atoms with van der Waals surface area (Å²) in [6.07, 6.45) is 2.81. The van der Waals surface area contributed by atoms with Crippen LogP contribution in [0.2, 0.25) is 0 Å². The number of aromatic nitrogens is 1. The summed E-state index contributed by atoms with van der Waals surface area (Å²) in [5.74, 6) is 1.17. The van der Waals surface area contributed by atoms with Crippen LogP contribution in [-0.4, -0.2) is 71.7 Å². The van der Waals surface area contributed by atoms with Crippen molar-refractivity contribution in [1.29, 1.82) is 0 Å². The number of nitrogens with zero attached hydrogens (tertiary/aromatic N) is 2. The predicted molar refractivity (Wildman–Crippen MR) is 116 cm³/mol. The fourth-order valence-corrected chi connectivity index (χ4v) is 5.24. The smallest absolute Gasteiger partial charge is 0.318 e. The molecule has 0 bridgehead atoms. The summed E-state index contributed by atoms with van der Waals surface area (Å²) < 4.78 is 5.39. The van der Waals surface area contributed by atoms with Crippen molar-refractivity contribution in [3.63, 3.8) is 0 Å². The Hall–Kier alpha value is -2.74. The molecule has 0 radical (unpaired) electrons. The first-order valence-electron chi connectivity index (χ1n) is 11.2. The average molecular weight is 427 g/mol. The lowest BCUT2D eigenvalue weighted by Crippen LogP contribution is -2.68. The molecule has 1 aliphatic carbocycles. The lowest BCUT2D eigenvalue weighted by Gasteiger charge is -2.56. The molecule has 1 atom stereocenters. The Morgan fingerprint density at radius 2 is 2.06 bits per heavy atom. The van der Waals surface area contributed by atoms with E-state index < -0.39 is 6.04 Å². The van der Waals surface area contributed by atoms with Crippen LogP contribution in [0.4, 0.5) is 4.79 Å². The van der Waals surface area contributed by atoms with E-state index in [1.165, 1.54) is 0 Å². The Morgan fingerprint density at radius 1 is 1.29 bits per heavy atom. The molecule has 1 aromatic carbocycles. The number of carbonyl (C=O) groups is 2. The third-order valence-electron chi connectivity index (χ3n) is 6.93. The lowest BCUT2D eigenvalue weighted by molar-refractivity contribution is -0.141. The highest BCUT2D eigenvalue weighted by Crippen LogP contribution is 2.49. The normalized spacial score (nSPS) is 21.7. The van der Waals surface area contributed by atoms with E-state index in [0.717, 1.165) is 47.2 Å². The molecule has 1 saturated carbocycles. The Labute approximate surface area is 181 Å². The van der Waals surface area contributed by atoms with Crippen LogP contribution in [-0.2, 0) is 10.2 Å². The van der Waals surface area contributed by atoms with E-state index in [1.54, 1.807) is 12.0 Å². The largest absolute Gasteiger partial charge is 0.497 e. The van der Waals surface area contributed by atoms with Gasteiger partial charge in [-0.3, -0.25) is 4.79 Å². The number of methoxy groups -OCH3 is 1. The van der Waals surface area contributed by atoms with Gasteiger partial charge in [-0.2, -0.15) is 0 Å². The number of carbonyl (C=O) groups excluding carboxylic acids is 2. The van der Waals surface area contributed by atoms with E-state index in [4.69, 9.17) is 4.74 Å². The number of urea groups is 1. The van der Waals surface area contributed by atoms with Gasteiger partial charge in [-0.05, 0) is 37.0 Å². The zero-order chi connectivity index (χ0) is 21.8. The quantitative estimate of drug-likeness (QED) is 0.682. The number of aliphatic hydroxyl groups excluding tert-OH is 1. The first-order chi connectivity index (χ1) is 15.0. The number of aliphatic hydroxyl groups is 1. The summed E-state index contributed by atoms with van der Waals surface area (Å²) in [4.78, 5) is 32.8. The van der Waals surface area contributed by atoms with Crippen LogP contribution in [0.3, 0.4) is 0 Å². The van der Waals surface area contributed by atoms with Gasteiger partial charge in [-0.1, -0.05) is 6.92 Å². The van der Waals surface area contributed by atoms with Gasteiger partial charge in [0.2, 0.25) is 5.91 Å². The van der Waals surface area contributed by atoms with Gasteiger partial charge in [0.15, 0.2) is 0 Å². The van der Waals surface area contributed by atoms with Gasteiger partial charge in [0.25, 0.3) is 0 Å². The predicted octanol–water partition coefficient (Wildman–Crippen LogP) is 2.14. The van der Waals surface area contributed by atoms with Crippen molar-refractivity contribution in [2.24, 2.45) is 5.92 Å². The first-order valence-corrected chi connectivity index (χ1v) is 11.2. The summed E-state index contributed by atoms with van der Waals surface area (Å²) in [7, 11) is 1.63. The maximum Gasteiger partial charge on any atom is 0.318 e. The lowest BCUT2D eigenvalue weighted by atomic mass is 9.68. The highest BCUT2D eigenvalue weighted by Gasteiger charge is 2.56. The molecule has 3 N–H and O–H groups in total. The van der Waals surface area contributed by atoms with Crippen LogP contribution in [0.5, 0.6) is 5.75 Å². The molecule has 2 fully saturated rings. The van der Waals surface area contributed by atoms with E-state index in [0.29, 0.717) is 26.2 Å². The topological polar surface area (TPSA) is 97.9 Å². The monoisotopic (exact) mass is 426 g/mol. The third kappa shape index (κ3) is 3.15. The molecule has 0 unspecified atom stereocenters. The van der Waals surface area contributed by atoms with Crippen molar-refractivity contribution in [2.45, 2.75) is 37.6 Å². The number of hydrogen-bond acceptors (Lipinski definition) is 4. The Bertz CT molecular complexity index is 1020. The van der Waals surface area contributed by atoms with Crippen molar-refractivity contribution in [2.75, 3.05) is 39.9 Å². The number of amides is 3. The second-order valence-electron chi connectivity index (χ2n) is 9.13. The van der Waals surface area contributed by atoms with Crippen molar-refractivity contribution in [1.82, 2.24) is 20.1 Å². The number of benzene rings is 1. The fraction of sp³-hybridized carbons (Fsp3) is 0.565. The van der Waals surface area contributed by atoms with Crippen LogP contribution in [0.15, 0.2) is 18.2 Å². The Balaban J connectivity index is 1.57. The SMILES string of the molecule is CCCNC(=O)N1CC2(CN(C(=O)C3CC3)C2)c2c([nH]c3cc(OC)ccc23)[C@@H]1CO. The number of likely N-dealkylation sites (tertiary alicyclic amines) is 1. The van der Waals surface area contributed by atoms with Gasteiger partial charge in [0.1, 0.15) is 5.75 Å². The average Bonchev–Trinajstić information content (AvgIpc) is 3.54. The summed E-state index contributed by atoms with van der Waals surface area (Å²) in [6.45, 7) is 4.11. The molecule has 1 spiro atoms. The number of ether oxygens (including phenoxy) is 1. The van der Waals surface area contributed by atoms with Crippen LogP contribution < -0.4 is 10.1 Å². The van der Waals surface area contributed by atoms with E-state index in [-0.39, 0.29) is 29.9 Å². The molecule has 1 saturated heterocycles. The molecule has 2 aliphatic heterocycles. The summed E-state index contributed by atoms with van der Waals surface area (Å²) in [5, 5.41) is 14.3. The van der Waals surface area contributed by atoms with Gasteiger partial charge in [0.05, 0.1) is 25.2 Å². The maximum atomic E-state index is 13.0. The fourth-order valence-electron chi connectivity index (χ4n) is 5.24. The minimum Gasteiger partial charge on any atom is -0.497 e. The van der Waals surface area contributed by atoms with Crippen molar-refractivity contribution in [3.05, 3.63) is 29.5 Å². The Kier molecular flexibility index (Phi) is 4.84. The van der Waals surface area contributed by atoms with Crippen LogP contribution in [0, 0.1) is 5.92 Å². The number of hydrogen-bond donors (Lipinski definition) is 3. The molecule has 8 nitrogen and oxygen atoms in total. The van der Waals surface area contributed by atoms with Crippen LogP contribution in [0.1, 0.15) is 43.5 Å². The number of aromatic amines is 1. The van der Waals surface area contributed by atoms with Gasteiger partial charge in [-0.15, -0.1) is 0 Å². The standard InChI is InChI=1S/C23H30N4O4/c1-3-8-24-22(30)27-13-23(11-26(12-23)21(29)14-4-5-14)19-16-7-6-15(31-2)9-17(16)25-20(19)18(27)10-28/h6-7,9,14,18,25,28H,3-5,8,10-13H2,1-2H3,(H,24,30)/t18-/m0/s1. The summed E-state index contributed by atoms with van der Waals surface area (Å²) >= 11 is 0. The molecule has 3 heterocycles. The van der Waals surface area contributed by atoms with E-state index in [1.807, 2.05) is 30.0 Å². The minimum atomic E-state index is -0.455. The van der Waals surface area contributed by atoms with Crippen LogP contribution >= 0.6 is 0 Å². The molecule has 1 aromatic heterocycles.